The summed E-state index contributed by atoms with van der Waals surface area (Å²) in [5, 5.41) is 10.2. The molecule has 0 bridgehead atoms. The largest absolute Gasteiger partial charge is 0.333 e. The van der Waals surface area contributed by atoms with Gasteiger partial charge in [-0.1, -0.05) is 24.3 Å². The first kappa shape index (κ1) is 15.9. The number of hydrogen-bond donors (Lipinski definition) is 1. The highest BCUT2D eigenvalue weighted by Gasteiger charge is 2.18. The van der Waals surface area contributed by atoms with E-state index >= 15 is 0 Å². The molecule has 3 aromatic rings. The minimum absolute atomic E-state index is 0.211. The van der Waals surface area contributed by atoms with Gasteiger partial charge in [0.05, 0.1) is 18.4 Å². The first-order valence-electron chi connectivity index (χ1n) is 7.24. The lowest BCUT2D eigenvalue weighted by atomic mass is 10.1. The second kappa shape index (κ2) is 6.61. The normalized spacial score (nSPS) is 11.0. The van der Waals surface area contributed by atoms with E-state index in [-0.39, 0.29) is 5.69 Å². The number of carbonyl (C=O) groups is 1. The zero-order valence-electron chi connectivity index (χ0n) is 12.9. The van der Waals surface area contributed by atoms with Gasteiger partial charge in [-0.05, 0) is 24.1 Å². The van der Waals surface area contributed by atoms with Crippen LogP contribution in [-0.4, -0.2) is 25.5 Å². The van der Waals surface area contributed by atoms with Gasteiger partial charge in [0.15, 0.2) is 0 Å². The maximum Gasteiger partial charge on any atom is 0.333 e. The van der Waals surface area contributed by atoms with Crippen molar-refractivity contribution in [3.05, 3.63) is 65.7 Å². The molecule has 1 aromatic carbocycles. The van der Waals surface area contributed by atoms with Crippen LogP contribution in [0, 0.1) is 6.92 Å². The van der Waals surface area contributed by atoms with Crippen molar-refractivity contribution in [1.82, 2.24) is 19.6 Å². The van der Waals surface area contributed by atoms with E-state index < -0.39 is 12.5 Å². The number of aryl methyl sites for hydroxylation is 1. The van der Waals surface area contributed by atoms with Gasteiger partial charge < -0.3 is 5.32 Å². The molecule has 0 saturated heterocycles. The summed E-state index contributed by atoms with van der Waals surface area (Å²) in [4.78, 5) is 12.1. The van der Waals surface area contributed by atoms with Crippen molar-refractivity contribution in [3.63, 3.8) is 0 Å². The minimum atomic E-state index is -2.87. The Kier molecular flexibility index (Phi) is 4.37. The monoisotopic (exact) mass is 331 g/mol. The third-order valence-electron chi connectivity index (χ3n) is 3.57. The van der Waals surface area contributed by atoms with Gasteiger partial charge in [0.1, 0.15) is 5.69 Å². The molecule has 0 atom stereocenters. The van der Waals surface area contributed by atoms with Crippen LogP contribution in [0.15, 0.2) is 48.9 Å². The van der Waals surface area contributed by atoms with Crippen molar-refractivity contribution in [2.24, 2.45) is 0 Å². The van der Waals surface area contributed by atoms with Gasteiger partial charge in [-0.3, -0.25) is 9.48 Å². The van der Waals surface area contributed by atoms with Crippen LogP contribution in [0.25, 0.3) is 0 Å². The van der Waals surface area contributed by atoms with Gasteiger partial charge >= 0.3 is 6.55 Å². The number of anilines is 1. The SMILES string of the molecule is Cc1ccccc1Cn1cc(NC(=O)c2ccnn2C(F)F)cn1. The fourth-order valence-electron chi connectivity index (χ4n) is 2.32. The topological polar surface area (TPSA) is 64.7 Å². The van der Waals surface area contributed by atoms with E-state index in [1.54, 1.807) is 10.9 Å². The summed E-state index contributed by atoms with van der Waals surface area (Å²) in [6.07, 6.45) is 4.27. The molecule has 3 rings (SSSR count). The Morgan fingerprint density at radius 3 is 2.79 bits per heavy atom. The molecule has 2 aromatic heterocycles. The maximum atomic E-state index is 12.7. The lowest BCUT2D eigenvalue weighted by molar-refractivity contribution is 0.0520. The molecular weight excluding hydrogens is 316 g/mol. The molecule has 0 aliphatic carbocycles. The molecule has 2 heterocycles. The van der Waals surface area contributed by atoms with Crippen molar-refractivity contribution in [2.45, 2.75) is 20.0 Å². The number of hydrogen-bond acceptors (Lipinski definition) is 3. The first-order valence-corrected chi connectivity index (χ1v) is 7.24. The Bertz CT molecular complexity index is 856. The Morgan fingerprint density at radius 1 is 1.25 bits per heavy atom. The molecule has 0 aliphatic heterocycles. The summed E-state index contributed by atoms with van der Waals surface area (Å²) in [6.45, 7) is -0.311. The highest BCUT2D eigenvalue weighted by atomic mass is 19.3. The van der Waals surface area contributed by atoms with E-state index in [1.165, 1.54) is 12.3 Å². The Labute approximate surface area is 136 Å². The second-order valence-electron chi connectivity index (χ2n) is 5.25. The number of halogens is 2. The molecule has 0 saturated carbocycles. The average Bonchev–Trinajstić information content (AvgIpc) is 3.19. The van der Waals surface area contributed by atoms with Crippen LogP contribution in [0.2, 0.25) is 0 Å². The van der Waals surface area contributed by atoms with Gasteiger partial charge in [0.2, 0.25) is 0 Å². The van der Waals surface area contributed by atoms with E-state index in [9.17, 15) is 13.6 Å². The molecule has 24 heavy (non-hydrogen) atoms. The molecule has 0 fully saturated rings. The van der Waals surface area contributed by atoms with Crippen molar-refractivity contribution < 1.29 is 13.6 Å². The van der Waals surface area contributed by atoms with Crippen LogP contribution < -0.4 is 5.32 Å². The van der Waals surface area contributed by atoms with Gasteiger partial charge in [0, 0.05) is 12.4 Å². The summed E-state index contributed by atoms with van der Waals surface area (Å²) in [5.41, 5.74) is 2.46. The molecule has 0 aliphatic rings. The molecule has 0 radical (unpaired) electrons. The molecule has 8 heteroatoms. The maximum absolute atomic E-state index is 12.7. The molecule has 1 amide bonds. The van der Waals surface area contributed by atoms with Crippen LogP contribution in [0.4, 0.5) is 14.5 Å². The molecular formula is C16H15F2N5O. The Morgan fingerprint density at radius 2 is 2.04 bits per heavy atom. The summed E-state index contributed by atoms with van der Waals surface area (Å²) in [6, 6.07) is 9.14. The Balaban J connectivity index is 1.71. The summed E-state index contributed by atoms with van der Waals surface area (Å²) in [7, 11) is 0. The lowest BCUT2D eigenvalue weighted by Gasteiger charge is -2.06. The number of nitrogens with zero attached hydrogens (tertiary/aromatic N) is 4. The standard InChI is InChI=1S/C16H15F2N5O/c1-11-4-2-3-5-12(11)9-22-10-13(8-20-22)21-15(24)14-6-7-19-23(14)16(17)18/h2-8,10,16H,9H2,1H3,(H,21,24). The molecule has 0 unspecified atom stereocenters. The zero-order chi connectivity index (χ0) is 17.1. The van der Waals surface area contributed by atoms with E-state index in [2.05, 4.69) is 15.5 Å². The Hall–Kier alpha value is -3.03. The van der Waals surface area contributed by atoms with Gasteiger partial charge in [-0.15, -0.1) is 0 Å². The average molecular weight is 331 g/mol. The predicted molar refractivity (Wildman–Crippen MR) is 83.9 cm³/mol. The van der Waals surface area contributed by atoms with E-state index in [1.807, 2.05) is 31.2 Å². The summed E-state index contributed by atoms with van der Waals surface area (Å²) < 4.78 is 27.5. The van der Waals surface area contributed by atoms with Crippen LogP contribution >= 0.6 is 0 Å². The van der Waals surface area contributed by atoms with Crippen LogP contribution in [-0.2, 0) is 6.54 Å². The van der Waals surface area contributed by atoms with Gasteiger partial charge in [-0.2, -0.15) is 23.7 Å². The second-order valence-corrected chi connectivity index (χ2v) is 5.25. The van der Waals surface area contributed by atoms with Gasteiger partial charge in [-0.25, -0.2) is 0 Å². The molecule has 0 spiro atoms. The molecule has 1 N–H and O–H groups in total. The van der Waals surface area contributed by atoms with Crippen molar-refractivity contribution >= 4 is 11.6 Å². The smallest absolute Gasteiger partial charge is 0.318 e. The van der Waals surface area contributed by atoms with Crippen molar-refractivity contribution in [3.8, 4) is 0 Å². The number of rotatable bonds is 5. The number of carbonyl (C=O) groups excluding carboxylic acids is 1. The summed E-state index contributed by atoms with van der Waals surface area (Å²) >= 11 is 0. The molecule has 124 valence electrons. The predicted octanol–water partition coefficient (Wildman–Crippen LogP) is 3.08. The number of nitrogens with one attached hydrogen (secondary N) is 1. The first-order chi connectivity index (χ1) is 11.5. The number of benzene rings is 1. The number of aromatic nitrogens is 4. The quantitative estimate of drug-likeness (QED) is 0.781. The lowest BCUT2D eigenvalue weighted by Crippen LogP contribution is -2.18. The van der Waals surface area contributed by atoms with E-state index in [0.717, 1.165) is 17.3 Å². The van der Waals surface area contributed by atoms with Crippen LogP contribution in [0.1, 0.15) is 28.2 Å². The fourth-order valence-corrected chi connectivity index (χ4v) is 2.32. The van der Waals surface area contributed by atoms with Crippen molar-refractivity contribution in [1.29, 1.82) is 0 Å². The third kappa shape index (κ3) is 3.32. The van der Waals surface area contributed by atoms with Crippen LogP contribution in [0.3, 0.4) is 0 Å². The van der Waals surface area contributed by atoms with E-state index in [4.69, 9.17) is 0 Å². The highest BCUT2D eigenvalue weighted by Crippen LogP contribution is 2.15. The summed E-state index contributed by atoms with van der Waals surface area (Å²) in [5.74, 6) is -0.664. The zero-order valence-corrected chi connectivity index (χ0v) is 12.9. The van der Waals surface area contributed by atoms with Crippen LogP contribution in [0.5, 0.6) is 0 Å². The number of amides is 1. The minimum Gasteiger partial charge on any atom is -0.318 e. The third-order valence-corrected chi connectivity index (χ3v) is 3.57. The highest BCUT2D eigenvalue weighted by molar-refractivity contribution is 6.02. The van der Waals surface area contributed by atoms with Gasteiger partial charge in [0.25, 0.3) is 5.91 Å². The number of alkyl halides is 2. The van der Waals surface area contributed by atoms with Crippen molar-refractivity contribution in [2.75, 3.05) is 5.32 Å². The van der Waals surface area contributed by atoms with E-state index in [0.29, 0.717) is 16.9 Å². The molecule has 6 nitrogen and oxygen atoms in total. The fraction of sp³-hybridized carbons (Fsp3) is 0.188.